The monoisotopic (exact) mass is 334 g/mol. The van der Waals surface area contributed by atoms with Crippen molar-refractivity contribution in [1.29, 1.82) is 0 Å². The van der Waals surface area contributed by atoms with Gasteiger partial charge in [-0.2, -0.15) is 4.57 Å². The Morgan fingerprint density at radius 3 is 2.16 bits per heavy atom. The molecule has 3 aromatic rings. The first-order chi connectivity index (χ1) is 11.9. The zero-order valence-corrected chi connectivity index (χ0v) is 16.1. The summed E-state index contributed by atoms with van der Waals surface area (Å²) < 4.78 is 4.53. The summed E-state index contributed by atoms with van der Waals surface area (Å²) in [6, 6.07) is 10.9. The van der Waals surface area contributed by atoms with Crippen LogP contribution in [0.5, 0.6) is 0 Å². The smallest absolute Gasteiger partial charge is 0.261 e. The summed E-state index contributed by atoms with van der Waals surface area (Å²) in [5, 5.41) is 0. The highest BCUT2D eigenvalue weighted by Crippen LogP contribution is 2.33. The van der Waals surface area contributed by atoms with E-state index in [1.54, 1.807) is 0 Å². The Kier molecular flexibility index (Phi) is 4.76. The van der Waals surface area contributed by atoms with Crippen LogP contribution in [0.25, 0.3) is 17.1 Å². The Morgan fingerprint density at radius 1 is 0.960 bits per heavy atom. The second-order valence-electron chi connectivity index (χ2n) is 7.33. The normalized spacial score (nSPS) is 11.5. The van der Waals surface area contributed by atoms with Crippen LogP contribution in [0, 0.1) is 6.92 Å². The van der Waals surface area contributed by atoms with E-state index >= 15 is 0 Å². The Bertz CT molecular complexity index is 862. The molecule has 0 aliphatic heterocycles. The maximum atomic E-state index is 4.50. The summed E-state index contributed by atoms with van der Waals surface area (Å²) in [6.07, 6.45) is 6.16. The number of aryl methyl sites for hydroxylation is 2. The molecule has 3 heteroatoms. The second-order valence-corrected chi connectivity index (χ2v) is 7.33. The molecular formula is C22H28N3+. The molecule has 0 aliphatic carbocycles. The van der Waals surface area contributed by atoms with Gasteiger partial charge in [0.15, 0.2) is 0 Å². The van der Waals surface area contributed by atoms with Crippen molar-refractivity contribution < 1.29 is 4.57 Å². The largest absolute Gasteiger partial charge is 0.295 e. The fourth-order valence-electron chi connectivity index (χ4n) is 3.49. The van der Waals surface area contributed by atoms with Crippen LogP contribution in [0.15, 0.2) is 48.9 Å². The lowest BCUT2D eigenvalue weighted by Crippen LogP contribution is -2.29. The molecule has 2 aromatic heterocycles. The van der Waals surface area contributed by atoms with Crippen molar-refractivity contribution in [3.05, 3.63) is 65.7 Å². The lowest BCUT2D eigenvalue weighted by atomic mass is 9.92. The molecule has 0 bridgehead atoms. The molecule has 0 fully saturated rings. The van der Waals surface area contributed by atoms with Gasteiger partial charge in [0.2, 0.25) is 0 Å². The lowest BCUT2D eigenvalue weighted by Gasteiger charge is -2.18. The fourth-order valence-corrected chi connectivity index (χ4v) is 3.49. The van der Waals surface area contributed by atoms with E-state index in [1.165, 1.54) is 28.2 Å². The molecule has 0 N–H and O–H groups in total. The Morgan fingerprint density at radius 2 is 1.60 bits per heavy atom. The minimum atomic E-state index is 0.462. The Hall–Kier alpha value is -2.42. The molecule has 3 rings (SSSR count). The van der Waals surface area contributed by atoms with Crippen molar-refractivity contribution in [2.24, 2.45) is 7.05 Å². The zero-order valence-electron chi connectivity index (χ0n) is 16.1. The van der Waals surface area contributed by atoms with Crippen molar-refractivity contribution in [3.8, 4) is 17.1 Å². The maximum Gasteiger partial charge on any atom is 0.295 e. The number of hydrogen-bond acceptors (Lipinski definition) is 1. The van der Waals surface area contributed by atoms with Gasteiger partial charge in [-0.1, -0.05) is 45.9 Å². The third-order valence-corrected chi connectivity index (χ3v) is 4.83. The highest BCUT2D eigenvalue weighted by molar-refractivity contribution is 5.61. The molecule has 0 saturated carbocycles. The van der Waals surface area contributed by atoms with E-state index in [0.29, 0.717) is 11.8 Å². The highest BCUT2D eigenvalue weighted by Gasteiger charge is 2.26. The molecule has 0 amide bonds. The summed E-state index contributed by atoms with van der Waals surface area (Å²) in [4.78, 5) is 4.50. The minimum Gasteiger partial charge on any atom is -0.261 e. The van der Waals surface area contributed by atoms with E-state index < -0.39 is 0 Å². The van der Waals surface area contributed by atoms with Crippen LogP contribution in [-0.2, 0) is 7.05 Å². The first-order valence-corrected chi connectivity index (χ1v) is 9.04. The van der Waals surface area contributed by atoms with Gasteiger partial charge in [-0.15, -0.1) is 0 Å². The van der Waals surface area contributed by atoms with Crippen LogP contribution in [0.4, 0.5) is 0 Å². The van der Waals surface area contributed by atoms with Crippen LogP contribution < -0.4 is 4.57 Å². The summed E-state index contributed by atoms with van der Waals surface area (Å²) in [5.41, 5.74) is 6.29. The van der Waals surface area contributed by atoms with E-state index in [0.717, 1.165) is 5.69 Å². The predicted octanol–water partition coefficient (Wildman–Crippen LogP) is 4.92. The van der Waals surface area contributed by atoms with Gasteiger partial charge < -0.3 is 0 Å². The SMILES string of the molecule is Cc1ncccc1-c1n(-c2c(C(C)C)cccc2C(C)C)cc[n+]1C. The summed E-state index contributed by atoms with van der Waals surface area (Å²) >= 11 is 0. The van der Waals surface area contributed by atoms with Crippen LogP contribution in [0.1, 0.15) is 56.4 Å². The molecule has 25 heavy (non-hydrogen) atoms. The van der Waals surface area contributed by atoms with Crippen LogP contribution in [-0.4, -0.2) is 9.55 Å². The van der Waals surface area contributed by atoms with Gasteiger partial charge in [0, 0.05) is 17.3 Å². The van der Waals surface area contributed by atoms with Gasteiger partial charge in [0.25, 0.3) is 5.82 Å². The number of rotatable bonds is 4. The van der Waals surface area contributed by atoms with Gasteiger partial charge in [0.1, 0.15) is 18.1 Å². The average Bonchev–Trinajstić information content (AvgIpc) is 2.95. The quantitative estimate of drug-likeness (QED) is 0.621. The van der Waals surface area contributed by atoms with Gasteiger partial charge in [-0.3, -0.25) is 4.98 Å². The van der Waals surface area contributed by atoms with Gasteiger partial charge in [0.05, 0.1) is 18.3 Å². The van der Waals surface area contributed by atoms with Crippen molar-refractivity contribution in [1.82, 2.24) is 9.55 Å². The number of hydrogen-bond donors (Lipinski definition) is 0. The number of pyridine rings is 1. The number of aromatic nitrogens is 3. The fraction of sp³-hybridized carbons (Fsp3) is 0.364. The van der Waals surface area contributed by atoms with Crippen molar-refractivity contribution in [3.63, 3.8) is 0 Å². The maximum absolute atomic E-state index is 4.50. The van der Waals surface area contributed by atoms with Crippen molar-refractivity contribution in [2.75, 3.05) is 0 Å². The van der Waals surface area contributed by atoms with Gasteiger partial charge in [-0.25, -0.2) is 4.57 Å². The predicted molar refractivity (Wildman–Crippen MR) is 103 cm³/mol. The van der Waals surface area contributed by atoms with Crippen molar-refractivity contribution in [2.45, 2.75) is 46.5 Å². The highest BCUT2D eigenvalue weighted by atomic mass is 15.1. The number of imidazole rings is 1. The molecule has 0 atom stereocenters. The number of benzene rings is 1. The Balaban J connectivity index is 2.35. The molecule has 3 nitrogen and oxygen atoms in total. The van der Waals surface area contributed by atoms with E-state index in [2.05, 4.69) is 92.4 Å². The standard InChI is InChI=1S/C22H28N3/c1-15(2)18-9-7-10-19(16(3)4)21(18)25-14-13-24(6)22(25)20-11-8-12-23-17(20)5/h7-16H,1-6H3/q+1. The molecule has 0 aliphatic rings. The first-order valence-electron chi connectivity index (χ1n) is 9.04. The molecule has 0 unspecified atom stereocenters. The topological polar surface area (TPSA) is 21.7 Å². The van der Waals surface area contributed by atoms with Crippen LogP contribution in [0.2, 0.25) is 0 Å². The van der Waals surface area contributed by atoms with Gasteiger partial charge >= 0.3 is 0 Å². The summed E-state index contributed by atoms with van der Waals surface area (Å²) in [6.45, 7) is 11.1. The van der Waals surface area contributed by atoms with Gasteiger partial charge in [-0.05, 0) is 30.9 Å². The van der Waals surface area contributed by atoms with Crippen LogP contribution in [0.3, 0.4) is 0 Å². The number of nitrogens with zero attached hydrogens (tertiary/aromatic N) is 3. The van der Waals surface area contributed by atoms with E-state index in [1.807, 2.05) is 12.3 Å². The zero-order chi connectivity index (χ0) is 18.1. The molecule has 0 spiro atoms. The molecule has 0 radical (unpaired) electrons. The minimum absolute atomic E-state index is 0.462. The number of para-hydroxylation sites is 1. The molecule has 130 valence electrons. The lowest BCUT2D eigenvalue weighted by molar-refractivity contribution is -0.659. The second kappa shape index (κ2) is 6.83. The third-order valence-electron chi connectivity index (χ3n) is 4.83. The Labute approximate surface area is 151 Å². The summed E-state index contributed by atoms with van der Waals surface area (Å²) in [7, 11) is 2.10. The van der Waals surface area contributed by atoms with E-state index in [9.17, 15) is 0 Å². The molecule has 2 heterocycles. The third kappa shape index (κ3) is 3.11. The molecule has 0 saturated heterocycles. The average molecular weight is 334 g/mol. The van der Waals surface area contributed by atoms with Crippen LogP contribution >= 0.6 is 0 Å². The van der Waals surface area contributed by atoms with Crippen molar-refractivity contribution >= 4 is 0 Å². The first kappa shape index (κ1) is 17.4. The van der Waals surface area contributed by atoms with E-state index in [4.69, 9.17) is 0 Å². The molecule has 1 aromatic carbocycles. The molecular weight excluding hydrogens is 306 g/mol. The van der Waals surface area contributed by atoms with E-state index in [-0.39, 0.29) is 0 Å². The summed E-state index contributed by atoms with van der Waals surface area (Å²) in [5.74, 6) is 2.09.